The molecule has 1 aliphatic rings. The predicted octanol–water partition coefficient (Wildman–Crippen LogP) is 2.00. The van der Waals surface area contributed by atoms with Gasteiger partial charge in [0.05, 0.1) is 17.6 Å². The molecule has 1 aromatic rings. The van der Waals surface area contributed by atoms with E-state index in [0.717, 1.165) is 57.6 Å². The largest absolute Gasteiger partial charge is 0.318 e. The summed E-state index contributed by atoms with van der Waals surface area (Å²) < 4.78 is 26.6. The van der Waals surface area contributed by atoms with E-state index in [9.17, 15) is 8.42 Å². The second kappa shape index (κ2) is 8.45. The van der Waals surface area contributed by atoms with Crippen LogP contribution in [0.3, 0.4) is 0 Å². The van der Waals surface area contributed by atoms with Crippen LogP contribution in [0, 0.1) is 0 Å². The Morgan fingerprint density at radius 2 is 1.96 bits per heavy atom. The van der Waals surface area contributed by atoms with Crippen molar-refractivity contribution in [2.75, 3.05) is 32.9 Å². The first-order valence-corrected chi connectivity index (χ1v) is 10.7. The van der Waals surface area contributed by atoms with E-state index in [2.05, 4.69) is 35.8 Å². The third kappa shape index (κ3) is 4.58. The van der Waals surface area contributed by atoms with Crippen molar-refractivity contribution < 1.29 is 8.42 Å². The molecule has 1 aliphatic heterocycles. The van der Waals surface area contributed by atoms with Crippen molar-refractivity contribution in [3.8, 4) is 0 Å². The molecule has 6 nitrogen and oxygen atoms in total. The Morgan fingerprint density at radius 1 is 1.29 bits per heavy atom. The summed E-state index contributed by atoms with van der Waals surface area (Å²) in [5, 5.41) is 0.241. The molecule has 0 amide bonds. The fourth-order valence-electron chi connectivity index (χ4n) is 3.27. The minimum absolute atomic E-state index is 0.0976. The monoisotopic (exact) mass is 356 g/mol. The average Bonchev–Trinajstić information content (AvgIpc) is 2.96. The number of hydrogen-bond donors (Lipinski definition) is 0. The van der Waals surface area contributed by atoms with Crippen molar-refractivity contribution in [1.29, 1.82) is 0 Å². The van der Waals surface area contributed by atoms with Crippen LogP contribution in [-0.4, -0.2) is 66.7 Å². The summed E-state index contributed by atoms with van der Waals surface area (Å²) in [6, 6.07) is 0.557. The van der Waals surface area contributed by atoms with E-state index in [4.69, 9.17) is 0 Å². The Labute approximate surface area is 146 Å². The molecule has 24 heavy (non-hydrogen) atoms. The highest BCUT2D eigenvalue weighted by Gasteiger charge is 2.24. The Morgan fingerprint density at radius 3 is 2.54 bits per heavy atom. The van der Waals surface area contributed by atoms with Crippen LogP contribution in [0.5, 0.6) is 0 Å². The first kappa shape index (κ1) is 19.4. The molecular weight excluding hydrogens is 324 g/mol. The van der Waals surface area contributed by atoms with Crippen LogP contribution in [0.2, 0.25) is 0 Å². The molecule has 0 bridgehead atoms. The Balaban J connectivity index is 2.17. The van der Waals surface area contributed by atoms with E-state index < -0.39 is 9.84 Å². The van der Waals surface area contributed by atoms with Crippen molar-refractivity contribution in [3.63, 3.8) is 0 Å². The number of likely N-dealkylation sites (tertiary alicyclic amines) is 1. The zero-order chi connectivity index (χ0) is 17.7. The van der Waals surface area contributed by atoms with E-state index in [1.807, 2.05) is 4.57 Å². The van der Waals surface area contributed by atoms with Crippen LogP contribution in [0.1, 0.15) is 45.2 Å². The van der Waals surface area contributed by atoms with Crippen LogP contribution in [0.4, 0.5) is 0 Å². The van der Waals surface area contributed by atoms with E-state index in [0.29, 0.717) is 6.04 Å². The average molecular weight is 357 g/mol. The van der Waals surface area contributed by atoms with Gasteiger partial charge in [0.1, 0.15) is 0 Å². The summed E-state index contributed by atoms with van der Waals surface area (Å²) in [6.07, 6.45) is 6.08. The fourth-order valence-corrected chi connectivity index (χ4v) is 4.29. The summed E-state index contributed by atoms with van der Waals surface area (Å²) in [4.78, 5) is 8.98. The Hall–Kier alpha value is -0.920. The smallest absolute Gasteiger partial charge is 0.227 e. The van der Waals surface area contributed by atoms with Crippen molar-refractivity contribution in [3.05, 3.63) is 11.9 Å². The molecular formula is C17H32N4O2S. The van der Waals surface area contributed by atoms with E-state index >= 15 is 0 Å². The summed E-state index contributed by atoms with van der Waals surface area (Å²) >= 11 is 0. The first-order chi connectivity index (χ1) is 11.4. The molecule has 7 heteroatoms. The number of imidazole rings is 1. The number of hydrogen-bond acceptors (Lipinski definition) is 5. The fraction of sp³-hybridized carbons (Fsp3) is 0.824. The van der Waals surface area contributed by atoms with Crippen molar-refractivity contribution >= 4 is 9.84 Å². The quantitative estimate of drug-likeness (QED) is 0.713. The van der Waals surface area contributed by atoms with Gasteiger partial charge in [0, 0.05) is 19.1 Å². The van der Waals surface area contributed by atoms with Crippen molar-refractivity contribution in [1.82, 2.24) is 19.4 Å². The van der Waals surface area contributed by atoms with Crippen molar-refractivity contribution in [2.45, 2.75) is 63.8 Å². The second-order valence-electron chi connectivity index (χ2n) is 6.89. The molecule has 1 aromatic heterocycles. The second-order valence-corrected chi connectivity index (χ2v) is 9.06. The van der Waals surface area contributed by atoms with E-state index in [1.54, 1.807) is 13.1 Å². The zero-order valence-electron chi connectivity index (χ0n) is 15.5. The van der Waals surface area contributed by atoms with Gasteiger partial charge in [0.25, 0.3) is 0 Å². The molecule has 0 spiro atoms. The topological polar surface area (TPSA) is 58.4 Å². The summed E-state index contributed by atoms with van der Waals surface area (Å²) in [7, 11) is 1.02. The van der Waals surface area contributed by atoms with Gasteiger partial charge < -0.3 is 9.47 Å². The Bertz CT molecular complexity index is 619. The first-order valence-electron chi connectivity index (χ1n) is 9.05. The minimum Gasteiger partial charge on any atom is -0.318 e. The number of unbranched alkanes of at least 4 members (excludes halogenated alkanes) is 1. The maximum Gasteiger partial charge on any atom is 0.227 e. The van der Waals surface area contributed by atoms with Crippen LogP contribution < -0.4 is 0 Å². The third-order valence-electron chi connectivity index (χ3n) is 5.02. The molecule has 0 atom stereocenters. The maximum absolute atomic E-state index is 12.3. The molecule has 2 rings (SSSR count). The van der Waals surface area contributed by atoms with Gasteiger partial charge in [-0.3, -0.25) is 4.90 Å². The third-order valence-corrected chi connectivity index (χ3v) is 6.66. The molecule has 2 heterocycles. The van der Waals surface area contributed by atoms with Gasteiger partial charge in [-0.25, -0.2) is 13.4 Å². The number of rotatable bonds is 8. The standard InChI is InChI=1S/C17H32N4O2S/c1-5-7-10-21-16(13-18-17(21)24(22,23)6-2)14-20(4)15-8-11-19(3)12-9-15/h13,15H,5-12,14H2,1-4H3. The SMILES string of the molecule is CCCCn1c(CN(C)C2CCN(C)CC2)cnc1S(=O)(=O)CC. The highest BCUT2D eigenvalue weighted by molar-refractivity contribution is 7.91. The van der Waals surface area contributed by atoms with Crippen LogP contribution in [-0.2, 0) is 22.9 Å². The summed E-state index contributed by atoms with van der Waals surface area (Å²) in [5.74, 6) is 0.0976. The predicted molar refractivity (Wildman–Crippen MR) is 96.8 cm³/mol. The summed E-state index contributed by atoms with van der Waals surface area (Å²) in [5.41, 5.74) is 1.01. The van der Waals surface area contributed by atoms with Crippen LogP contribution >= 0.6 is 0 Å². The summed E-state index contributed by atoms with van der Waals surface area (Å²) in [6.45, 7) is 7.53. The highest BCUT2D eigenvalue weighted by atomic mass is 32.2. The van der Waals surface area contributed by atoms with Gasteiger partial charge in [-0.2, -0.15) is 0 Å². The molecule has 1 fully saturated rings. The zero-order valence-corrected chi connectivity index (χ0v) is 16.3. The number of sulfone groups is 1. The Kier molecular flexibility index (Phi) is 6.83. The number of piperidine rings is 1. The lowest BCUT2D eigenvalue weighted by Gasteiger charge is -2.35. The molecule has 0 radical (unpaired) electrons. The molecule has 0 N–H and O–H groups in total. The lowest BCUT2D eigenvalue weighted by atomic mass is 10.0. The highest BCUT2D eigenvalue weighted by Crippen LogP contribution is 2.20. The van der Waals surface area contributed by atoms with Crippen LogP contribution in [0.15, 0.2) is 11.4 Å². The number of nitrogens with zero attached hydrogens (tertiary/aromatic N) is 4. The van der Waals surface area contributed by atoms with Gasteiger partial charge in [0.2, 0.25) is 15.0 Å². The molecule has 0 aliphatic carbocycles. The lowest BCUT2D eigenvalue weighted by Crippen LogP contribution is -2.41. The van der Waals surface area contributed by atoms with Gasteiger partial charge >= 0.3 is 0 Å². The molecule has 0 unspecified atom stereocenters. The van der Waals surface area contributed by atoms with Gasteiger partial charge in [-0.15, -0.1) is 0 Å². The van der Waals surface area contributed by atoms with Gasteiger partial charge in [-0.05, 0) is 46.4 Å². The van der Waals surface area contributed by atoms with Gasteiger partial charge in [-0.1, -0.05) is 20.3 Å². The van der Waals surface area contributed by atoms with Crippen LogP contribution in [0.25, 0.3) is 0 Å². The number of aromatic nitrogens is 2. The van der Waals surface area contributed by atoms with Gasteiger partial charge in [0.15, 0.2) is 0 Å². The van der Waals surface area contributed by atoms with Crippen molar-refractivity contribution in [2.24, 2.45) is 0 Å². The maximum atomic E-state index is 12.3. The molecule has 0 aromatic carbocycles. The molecule has 1 saturated heterocycles. The molecule has 138 valence electrons. The van der Waals surface area contributed by atoms with E-state index in [1.165, 1.54) is 0 Å². The lowest BCUT2D eigenvalue weighted by molar-refractivity contribution is 0.137. The van der Waals surface area contributed by atoms with E-state index in [-0.39, 0.29) is 10.9 Å². The molecule has 0 saturated carbocycles. The normalized spacial score (nSPS) is 17.7. The minimum atomic E-state index is -3.28.